The monoisotopic (exact) mass is 229 g/mol. The molecular weight excluding hydrogens is 217 g/mol. The molecule has 1 aliphatic rings. The maximum Gasteiger partial charge on any atom is 0.172 e. The Kier molecular flexibility index (Phi) is 3.12. The van der Waals surface area contributed by atoms with E-state index in [1.54, 1.807) is 0 Å². The first-order valence-corrected chi connectivity index (χ1v) is 4.85. The Bertz CT molecular complexity index is 397. The van der Waals surface area contributed by atoms with Crippen molar-refractivity contribution in [2.75, 3.05) is 19.8 Å². The van der Waals surface area contributed by atoms with Gasteiger partial charge < -0.3 is 19.4 Å². The molecule has 3 N–H and O–H groups in total. The molecule has 0 unspecified atom stereocenters. The van der Waals surface area contributed by atoms with Crippen LogP contribution in [0, 0.1) is 5.82 Å². The van der Waals surface area contributed by atoms with Crippen LogP contribution in [-0.4, -0.2) is 24.9 Å². The van der Waals surface area contributed by atoms with Crippen LogP contribution >= 0.6 is 0 Å². The van der Waals surface area contributed by atoms with Gasteiger partial charge in [-0.3, -0.25) is 0 Å². The lowest BCUT2D eigenvalue weighted by molar-refractivity contribution is 0.136. The van der Waals surface area contributed by atoms with Crippen LogP contribution in [0.1, 0.15) is 5.56 Å². The Morgan fingerprint density at radius 1 is 1.44 bits per heavy atom. The molecule has 1 heterocycles. The Hall–Kier alpha value is -1.53. The first-order valence-electron chi connectivity index (χ1n) is 4.85. The van der Waals surface area contributed by atoms with Crippen molar-refractivity contribution in [3.8, 4) is 17.2 Å². The smallest absolute Gasteiger partial charge is 0.172 e. The van der Waals surface area contributed by atoms with Gasteiger partial charge in [0.15, 0.2) is 23.1 Å². The minimum absolute atomic E-state index is 0.135. The Balaban J connectivity index is 2.41. The number of benzene rings is 1. The minimum atomic E-state index is -0.721. The summed E-state index contributed by atoms with van der Waals surface area (Å²) in [6.07, 6.45) is 0.211. The van der Waals surface area contributed by atoms with Gasteiger partial charge in [-0.25, -0.2) is 10.3 Å². The molecule has 0 radical (unpaired) electrons. The number of ether oxygens (including phenoxy) is 2. The molecule has 2 rings (SSSR count). The minimum Gasteiger partial charge on any atom is -0.505 e. The average molecular weight is 229 g/mol. The Morgan fingerprint density at radius 2 is 2.19 bits per heavy atom. The molecule has 0 aliphatic carbocycles. The van der Waals surface area contributed by atoms with E-state index >= 15 is 0 Å². The lowest BCUT2D eigenvalue weighted by Gasteiger charge is -2.21. The molecule has 16 heavy (non-hydrogen) atoms. The molecule has 0 aromatic heterocycles. The van der Waals surface area contributed by atoms with Gasteiger partial charge in [-0.2, -0.15) is 0 Å². The van der Waals surface area contributed by atoms with Gasteiger partial charge in [0.1, 0.15) is 13.2 Å². The van der Waals surface area contributed by atoms with Crippen LogP contribution in [0.15, 0.2) is 6.07 Å². The van der Waals surface area contributed by atoms with Crippen LogP contribution in [0.25, 0.3) is 0 Å². The highest BCUT2D eigenvalue weighted by Gasteiger charge is 2.22. The highest BCUT2D eigenvalue weighted by molar-refractivity contribution is 5.53. The van der Waals surface area contributed by atoms with Crippen molar-refractivity contribution in [1.29, 1.82) is 0 Å². The number of rotatable bonds is 3. The summed E-state index contributed by atoms with van der Waals surface area (Å²) in [4.78, 5) is 4.39. The van der Waals surface area contributed by atoms with Crippen molar-refractivity contribution in [2.24, 2.45) is 5.90 Å². The van der Waals surface area contributed by atoms with Gasteiger partial charge in [0.25, 0.3) is 0 Å². The molecule has 0 spiro atoms. The first kappa shape index (κ1) is 11.0. The summed E-state index contributed by atoms with van der Waals surface area (Å²) in [5.41, 5.74) is 0.222. The predicted molar refractivity (Wildman–Crippen MR) is 52.9 cm³/mol. The Labute approximate surface area is 91.5 Å². The summed E-state index contributed by atoms with van der Waals surface area (Å²) in [6.45, 7) is 0.870. The van der Waals surface area contributed by atoms with E-state index in [-0.39, 0.29) is 18.6 Å². The third kappa shape index (κ3) is 1.89. The van der Waals surface area contributed by atoms with Crippen molar-refractivity contribution >= 4 is 0 Å². The third-order valence-corrected chi connectivity index (χ3v) is 2.31. The zero-order chi connectivity index (χ0) is 11.5. The zero-order valence-corrected chi connectivity index (χ0v) is 8.53. The molecule has 88 valence electrons. The van der Waals surface area contributed by atoms with E-state index in [4.69, 9.17) is 15.4 Å². The van der Waals surface area contributed by atoms with Crippen molar-refractivity contribution in [3.63, 3.8) is 0 Å². The lowest BCUT2D eigenvalue weighted by atomic mass is 10.1. The van der Waals surface area contributed by atoms with Crippen LogP contribution in [0.4, 0.5) is 4.39 Å². The molecule has 0 fully saturated rings. The van der Waals surface area contributed by atoms with E-state index in [1.165, 1.54) is 6.07 Å². The van der Waals surface area contributed by atoms with Crippen LogP contribution < -0.4 is 15.4 Å². The fourth-order valence-corrected chi connectivity index (χ4v) is 1.60. The standard InChI is InChI=1S/C10H12FNO4/c11-9-6(1-2-16-12)10-8(5-7(9)13)14-3-4-15-10/h5,13H,1-4,12H2. The van der Waals surface area contributed by atoms with Crippen LogP contribution in [-0.2, 0) is 11.3 Å². The normalized spacial score (nSPS) is 13.9. The molecule has 1 aliphatic heterocycles. The van der Waals surface area contributed by atoms with E-state index < -0.39 is 11.6 Å². The van der Waals surface area contributed by atoms with Gasteiger partial charge in [-0.15, -0.1) is 0 Å². The highest BCUT2D eigenvalue weighted by Crippen LogP contribution is 2.40. The van der Waals surface area contributed by atoms with Crippen LogP contribution in [0.2, 0.25) is 0 Å². The highest BCUT2D eigenvalue weighted by atomic mass is 19.1. The summed E-state index contributed by atoms with van der Waals surface area (Å²) in [6, 6.07) is 1.20. The number of hydrogen-bond donors (Lipinski definition) is 2. The van der Waals surface area contributed by atoms with Gasteiger partial charge >= 0.3 is 0 Å². The molecule has 1 aromatic carbocycles. The SMILES string of the molecule is NOCCc1c(F)c(O)cc2c1OCCO2. The van der Waals surface area contributed by atoms with Crippen molar-refractivity contribution in [1.82, 2.24) is 0 Å². The van der Waals surface area contributed by atoms with Crippen LogP contribution in [0.5, 0.6) is 17.2 Å². The number of phenols is 1. The molecule has 0 atom stereocenters. The van der Waals surface area contributed by atoms with Gasteiger partial charge in [-0.05, 0) is 0 Å². The maximum absolute atomic E-state index is 13.6. The Morgan fingerprint density at radius 3 is 2.94 bits per heavy atom. The summed E-state index contributed by atoms with van der Waals surface area (Å²) in [5.74, 6) is 4.36. The predicted octanol–water partition coefficient (Wildman–Crippen LogP) is 0.735. The molecule has 1 aromatic rings. The van der Waals surface area contributed by atoms with Gasteiger partial charge in [0, 0.05) is 18.1 Å². The van der Waals surface area contributed by atoms with Gasteiger partial charge in [0.2, 0.25) is 0 Å². The van der Waals surface area contributed by atoms with Crippen molar-refractivity contribution in [3.05, 3.63) is 17.4 Å². The summed E-state index contributed by atoms with van der Waals surface area (Å²) in [5, 5.41) is 9.37. The summed E-state index contributed by atoms with van der Waals surface area (Å²) >= 11 is 0. The molecule has 6 heteroatoms. The molecule has 0 bridgehead atoms. The van der Waals surface area contributed by atoms with E-state index in [1.807, 2.05) is 0 Å². The second-order valence-electron chi connectivity index (χ2n) is 3.33. The van der Waals surface area contributed by atoms with Crippen molar-refractivity contribution in [2.45, 2.75) is 6.42 Å². The third-order valence-electron chi connectivity index (χ3n) is 2.31. The largest absolute Gasteiger partial charge is 0.505 e. The second-order valence-corrected chi connectivity index (χ2v) is 3.33. The van der Waals surface area contributed by atoms with Crippen LogP contribution in [0.3, 0.4) is 0 Å². The zero-order valence-electron chi connectivity index (χ0n) is 8.53. The molecule has 5 nitrogen and oxygen atoms in total. The fraction of sp³-hybridized carbons (Fsp3) is 0.400. The molecule has 0 saturated carbocycles. The van der Waals surface area contributed by atoms with Crippen molar-refractivity contribution < 1.29 is 23.8 Å². The first-order chi connectivity index (χ1) is 7.74. The van der Waals surface area contributed by atoms with E-state index in [0.29, 0.717) is 24.7 Å². The van der Waals surface area contributed by atoms with E-state index in [9.17, 15) is 9.50 Å². The van der Waals surface area contributed by atoms with Gasteiger partial charge in [-0.1, -0.05) is 0 Å². The molecule has 0 amide bonds. The van der Waals surface area contributed by atoms with Gasteiger partial charge in [0.05, 0.1) is 6.61 Å². The average Bonchev–Trinajstić information content (AvgIpc) is 2.30. The lowest BCUT2D eigenvalue weighted by Crippen LogP contribution is -2.18. The number of aromatic hydroxyl groups is 1. The van der Waals surface area contributed by atoms with E-state index in [2.05, 4.69) is 4.84 Å². The number of phenolic OH excluding ortho intramolecular Hbond substituents is 1. The molecule has 0 saturated heterocycles. The second kappa shape index (κ2) is 4.54. The molecular formula is C10H12FNO4. The number of hydrogen-bond acceptors (Lipinski definition) is 5. The summed E-state index contributed by atoms with van der Waals surface area (Å²) < 4.78 is 24.2. The fourth-order valence-electron chi connectivity index (χ4n) is 1.60. The topological polar surface area (TPSA) is 73.9 Å². The number of nitrogens with two attached hydrogens (primary N) is 1. The maximum atomic E-state index is 13.6. The summed E-state index contributed by atoms with van der Waals surface area (Å²) in [7, 11) is 0. The van der Waals surface area contributed by atoms with E-state index in [0.717, 1.165) is 0 Å². The quantitative estimate of drug-likeness (QED) is 0.747. The number of fused-ring (bicyclic) bond motifs is 1. The number of halogens is 1.